The standard InChI is InChI=1S/C21H20Cl3N5O2S/c1-3-29-18(10-25-20(31)13-6-4-12(2)5-7-13)27-28-21(29)32-11-19(30)26-17-9-15(23)14(22)8-16(17)24/h4-9H,3,10-11H2,1-2H3,(H,25,31)(H,26,30). The summed E-state index contributed by atoms with van der Waals surface area (Å²) in [6.07, 6.45) is 0. The van der Waals surface area contributed by atoms with Crippen LogP contribution < -0.4 is 10.6 Å². The van der Waals surface area contributed by atoms with E-state index >= 15 is 0 Å². The number of anilines is 1. The second-order valence-electron chi connectivity index (χ2n) is 6.77. The second-order valence-corrected chi connectivity index (χ2v) is 8.94. The van der Waals surface area contributed by atoms with Crippen molar-refractivity contribution in [1.82, 2.24) is 20.1 Å². The first-order valence-electron chi connectivity index (χ1n) is 9.62. The van der Waals surface area contributed by atoms with Gasteiger partial charge in [-0.05, 0) is 38.1 Å². The number of nitrogens with one attached hydrogen (secondary N) is 2. The summed E-state index contributed by atoms with van der Waals surface area (Å²) in [5, 5.41) is 15.3. The highest BCUT2D eigenvalue weighted by Crippen LogP contribution is 2.32. The summed E-state index contributed by atoms with van der Waals surface area (Å²) >= 11 is 19.2. The third kappa shape index (κ3) is 6.16. The van der Waals surface area contributed by atoms with Gasteiger partial charge in [0.15, 0.2) is 11.0 Å². The second kappa shape index (κ2) is 11.0. The van der Waals surface area contributed by atoms with Crippen LogP contribution in [-0.2, 0) is 17.9 Å². The number of rotatable bonds is 8. The van der Waals surface area contributed by atoms with Crippen molar-refractivity contribution in [3.05, 3.63) is 68.4 Å². The molecule has 1 aromatic heterocycles. The van der Waals surface area contributed by atoms with Crippen LogP contribution in [-0.4, -0.2) is 32.3 Å². The molecule has 32 heavy (non-hydrogen) atoms. The van der Waals surface area contributed by atoms with E-state index in [0.717, 1.165) is 5.56 Å². The molecular formula is C21H20Cl3N5O2S. The first kappa shape index (κ1) is 24.4. The smallest absolute Gasteiger partial charge is 0.251 e. The molecule has 0 aliphatic carbocycles. The van der Waals surface area contributed by atoms with Crippen LogP contribution in [0.3, 0.4) is 0 Å². The Morgan fingerprint density at radius 1 is 1.03 bits per heavy atom. The molecule has 168 valence electrons. The number of amides is 2. The number of aryl methyl sites for hydroxylation is 1. The van der Waals surface area contributed by atoms with Crippen LogP contribution in [0.15, 0.2) is 41.6 Å². The first-order valence-corrected chi connectivity index (χ1v) is 11.7. The van der Waals surface area contributed by atoms with E-state index in [0.29, 0.717) is 43.8 Å². The largest absolute Gasteiger partial charge is 0.345 e. The molecule has 0 saturated heterocycles. The number of hydrogen-bond acceptors (Lipinski definition) is 5. The summed E-state index contributed by atoms with van der Waals surface area (Å²) in [5.41, 5.74) is 2.04. The summed E-state index contributed by atoms with van der Waals surface area (Å²) in [6.45, 7) is 4.71. The Morgan fingerprint density at radius 2 is 1.72 bits per heavy atom. The predicted octanol–water partition coefficient (Wildman–Crippen LogP) is 5.23. The predicted molar refractivity (Wildman–Crippen MR) is 129 cm³/mol. The van der Waals surface area contributed by atoms with Gasteiger partial charge in [-0.3, -0.25) is 9.59 Å². The van der Waals surface area contributed by atoms with Crippen LogP contribution in [0.25, 0.3) is 0 Å². The van der Waals surface area contributed by atoms with Gasteiger partial charge < -0.3 is 15.2 Å². The third-order valence-corrected chi connectivity index (χ3v) is 6.45. The molecule has 2 aromatic carbocycles. The lowest BCUT2D eigenvalue weighted by Gasteiger charge is -2.10. The first-order chi connectivity index (χ1) is 15.3. The number of hydrogen-bond donors (Lipinski definition) is 2. The molecule has 0 unspecified atom stereocenters. The lowest BCUT2D eigenvalue weighted by atomic mass is 10.1. The van der Waals surface area contributed by atoms with Gasteiger partial charge in [-0.2, -0.15) is 0 Å². The lowest BCUT2D eigenvalue weighted by molar-refractivity contribution is -0.113. The van der Waals surface area contributed by atoms with Gasteiger partial charge in [0.25, 0.3) is 5.91 Å². The van der Waals surface area contributed by atoms with E-state index in [9.17, 15) is 9.59 Å². The van der Waals surface area contributed by atoms with Gasteiger partial charge in [0, 0.05) is 12.1 Å². The zero-order valence-corrected chi connectivity index (χ0v) is 20.4. The molecule has 3 rings (SSSR count). The third-order valence-electron chi connectivity index (χ3n) is 4.45. The molecule has 0 bridgehead atoms. The van der Waals surface area contributed by atoms with E-state index in [2.05, 4.69) is 20.8 Å². The molecule has 0 atom stereocenters. The van der Waals surface area contributed by atoms with Gasteiger partial charge in [0.1, 0.15) is 0 Å². The van der Waals surface area contributed by atoms with Gasteiger partial charge >= 0.3 is 0 Å². The fourth-order valence-electron chi connectivity index (χ4n) is 2.78. The van der Waals surface area contributed by atoms with Crippen LogP contribution in [0.5, 0.6) is 0 Å². The number of carbonyl (C=O) groups is 2. The summed E-state index contributed by atoms with van der Waals surface area (Å²) in [7, 11) is 0. The molecule has 11 heteroatoms. The minimum absolute atomic E-state index is 0.0877. The number of aromatic nitrogens is 3. The number of carbonyl (C=O) groups excluding carboxylic acids is 2. The molecule has 0 saturated carbocycles. The normalized spacial score (nSPS) is 10.8. The zero-order valence-electron chi connectivity index (χ0n) is 17.3. The fraction of sp³-hybridized carbons (Fsp3) is 0.238. The molecule has 0 fully saturated rings. The molecule has 0 aliphatic heterocycles. The molecule has 0 radical (unpaired) electrons. The van der Waals surface area contributed by atoms with Crippen LogP contribution in [0.1, 0.15) is 28.7 Å². The molecule has 2 amide bonds. The van der Waals surface area contributed by atoms with E-state index < -0.39 is 0 Å². The average Bonchev–Trinajstić information content (AvgIpc) is 3.16. The molecule has 3 aromatic rings. The number of halogens is 3. The van der Waals surface area contributed by atoms with Crippen LogP contribution in [0, 0.1) is 6.92 Å². The summed E-state index contributed by atoms with van der Waals surface area (Å²) < 4.78 is 1.85. The van der Waals surface area contributed by atoms with Gasteiger partial charge in [-0.25, -0.2) is 0 Å². The summed E-state index contributed by atoms with van der Waals surface area (Å²) in [6, 6.07) is 10.3. The quantitative estimate of drug-likeness (QED) is 0.319. The van der Waals surface area contributed by atoms with E-state index in [1.54, 1.807) is 12.1 Å². The Balaban J connectivity index is 1.58. The van der Waals surface area contributed by atoms with Gasteiger partial charge in [-0.1, -0.05) is 64.3 Å². The van der Waals surface area contributed by atoms with Gasteiger partial charge in [0.05, 0.1) is 33.1 Å². The Labute approximate surface area is 204 Å². The lowest BCUT2D eigenvalue weighted by Crippen LogP contribution is -2.24. The maximum Gasteiger partial charge on any atom is 0.251 e. The highest BCUT2D eigenvalue weighted by molar-refractivity contribution is 7.99. The van der Waals surface area contributed by atoms with Crippen molar-refractivity contribution in [2.45, 2.75) is 32.1 Å². The summed E-state index contributed by atoms with van der Waals surface area (Å²) in [4.78, 5) is 24.7. The van der Waals surface area contributed by atoms with Crippen molar-refractivity contribution in [1.29, 1.82) is 0 Å². The average molecular weight is 513 g/mol. The van der Waals surface area contributed by atoms with E-state index in [4.69, 9.17) is 34.8 Å². The topological polar surface area (TPSA) is 88.9 Å². The molecule has 0 spiro atoms. The molecule has 2 N–H and O–H groups in total. The van der Waals surface area contributed by atoms with Crippen LogP contribution in [0.2, 0.25) is 15.1 Å². The SMILES string of the molecule is CCn1c(CNC(=O)c2ccc(C)cc2)nnc1SCC(=O)Nc1cc(Cl)c(Cl)cc1Cl. The monoisotopic (exact) mass is 511 g/mol. The summed E-state index contributed by atoms with van der Waals surface area (Å²) in [5.74, 6) is 0.214. The highest BCUT2D eigenvalue weighted by atomic mass is 35.5. The van der Waals surface area contributed by atoms with E-state index in [-0.39, 0.29) is 24.1 Å². The molecule has 0 aliphatic rings. The minimum atomic E-state index is -0.282. The van der Waals surface area contributed by atoms with Crippen molar-refractivity contribution in [2.75, 3.05) is 11.1 Å². The highest BCUT2D eigenvalue weighted by Gasteiger charge is 2.15. The van der Waals surface area contributed by atoms with E-state index in [1.807, 2.05) is 30.5 Å². The molecule has 7 nitrogen and oxygen atoms in total. The number of benzene rings is 2. The zero-order chi connectivity index (χ0) is 23.3. The maximum absolute atomic E-state index is 12.4. The van der Waals surface area contributed by atoms with Crippen molar-refractivity contribution < 1.29 is 9.59 Å². The van der Waals surface area contributed by atoms with Crippen molar-refractivity contribution in [2.24, 2.45) is 0 Å². The van der Waals surface area contributed by atoms with Gasteiger partial charge in [0.2, 0.25) is 5.91 Å². The van der Waals surface area contributed by atoms with Crippen molar-refractivity contribution in [3.63, 3.8) is 0 Å². The fourth-order valence-corrected chi connectivity index (χ4v) is 4.19. The molecular weight excluding hydrogens is 493 g/mol. The Kier molecular flexibility index (Phi) is 8.42. The Hall–Kier alpha value is -2.26. The van der Waals surface area contributed by atoms with Gasteiger partial charge in [-0.15, -0.1) is 10.2 Å². The maximum atomic E-state index is 12.4. The Bertz CT molecular complexity index is 1140. The van der Waals surface area contributed by atoms with Crippen LogP contribution in [0.4, 0.5) is 5.69 Å². The van der Waals surface area contributed by atoms with Crippen molar-refractivity contribution in [3.8, 4) is 0 Å². The van der Waals surface area contributed by atoms with Crippen LogP contribution >= 0.6 is 46.6 Å². The van der Waals surface area contributed by atoms with E-state index in [1.165, 1.54) is 23.9 Å². The Morgan fingerprint density at radius 3 is 2.41 bits per heavy atom. The minimum Gasteiger partial charge on any atom is -0.345 e. The number of thioether (sulfide) groups is 1. The van der Waals surface area contributed by atoms with Crippen molar-refractivity contribution >= 4 is 64.1 Å². The number of nitrogens with zero attached hydrogens (tertiary/aromatic N) is 3. The molecule has 1 heterocycles.